The highest BCUT2D eigenvalue weighted by molar-refractivity contribution is 6.00. The molecule has 0 aliphatic carbocycles. The standard InChI is InChI=1S/C15H21NO3/c1-2-5-12(16-8-3-4-9-16)15(19)11-6-7-13(17)14(18)10-11/h6-7,10,12,17-18H,2-5,8-9H2,1H3/t12-/m0/s1. The van der Waals surface area contributed by atoms with E-state index in [0.717, 1.165) is 38.8 Å². The van der Waals surface area contributed by atoms with E-state index < -0.39 is 0 Å². The van der Waals surface area contributed by atoms with Crippen LogP contribution in [0.1, 0.15) is 43.0 Å². The van der Waals surface area contributed by atoms with Crippen LogP contribution in [-0.2, 0) is 0 Å². The molecule has 0 bridgehead atoms. The summed E-state index contributed by atoms with van der Waals surface area (Å²) in [5, 5.41) is 18.8. The summed E-state index contributed by atoms with van der Waals surface area (Å²) in [6.45, 7) is 4.02. The number of aromatic hydroxyl groups is 2. The maximum absolute atomic E-state index is 12.6. The molecular formula is C15H21NO3. The highest BCUT2D eigenvalue weighted by Crippen LogP contribution is 2.27. The van der Waals surface area contributed by atoms with Crippen molar-refractivity contribution < 1.29 is 15.0 Å². The third kappa shape index (κ3) is 3.07. The molecule has 1 saturated heterocycles. The second-order valence-electron chi connectivity index (χ2n) is 5.12. The van der Waals surface area contributed by atoms with Crippen molar-refractivity contribution in [2.24, 2.45) is 0 Å². The Bertz CT molecular complexity index is 453. The molecule has 0 unspecified atom stereocenters. The van der Waals surface area contributed by atoms with Crippen molar-refractivity contribution in [2.75, 3.05) is 13.1 Å². The van der Waals surface area contributed by atoms with Gasteiger partial charge in [-0.3, -0.25) is 9.69 Å². The predicted octanol–water partition coefficient (Wildman–Crippen LogP) is 2.55. The number of phenolic OH excluding ortho intramolecular Hbond substituents is 2. The zero-order chi connectivity index (χ0) is 13.8. The third-order valence-corrected chi connectivity index (χ3v) is 3.71. The molecule has 1 fully saturated rings. The van der Waals surface area contributed by atoms with Crippen LogP contribution < -0.4 is 0 Å². The molecule has 1 aliphatic rings. The second kappa shape index (κ2) is 6.06. The minimum atomic E-state index is -0.234. The minimum Gasteiger partial charge on any atom is -0.504 e. The number of likely N-dealkylation sites (tertiary alicyclic amines) is 1. The number of benzene rings is 1. The Labute approximate surface area is 113 Å². The van der Waals surface area contributed by atoms with Gasteiger partial charge in [0.15, 0.2) is 17.3 Å². The third-order valence-electron chi connectivity index (χ3n) is 3.71. The Morgan fingerprint density at radius 1 is 1.26 bits per heavy atom. The molecule has 1 heterocycles. The molecule has 0 radical (unpaired) electrons. The van der Waals surface area contributed by atoms with E-state index in [4.69, 9.17) is 0 Å². The van der Waals surface area contributed by atoms with E-state index in [-0.39, 0.29) is 23.3 Å². The van der Waals surface area contributed by atoms with Gasteiger partial charge in [0.25, 0.3) is 0 Å². The minimum absolute atomic E-state index is 0.0408. The average molecular weight is 263 g/mol. The van der Waals surface area contributed by atoms with Crippen molar-refractivity contribution in [3.63, 3.8) is 0 Å². The van der Waals surface area contributed by atoms with Gasteiger partial charge >= 0.3 is 0 Å². The van der Waals surface area contributed by atoms with Crippen molar-refractivity contribution in [2.45, 2.75) is 38.6 Å². The fraction of sp³-hybridized carbons (Fsp3) is 0.533. The highest BCUT2D eigenvalue weighted by Gasteiger charge is 2.28. The van der Waals surface area contributed by atoms with E-state index in [1.165, 1.54) is 12.1 Å². The number of nitrogens with zero attached hydrogens (tertiary/aromatic N) is 1. The molecule has 2 rings (SSSR count). The molecule has 2 N–H and O–H groups in total. The molecule has 4 heteroatoms. The summed E-state index contributed by atoms with van der Waals surface area (Å²) in [4.78, 5) is 14.8. The van der Waals surface area contributed by atoms with Gasteiger partial charge < -0.3 is 10.2 Å². The number of Topliss-reactive ketones (excluding diaryl/α,β-unsaturated/α-hetero) is 1. The van der Waals surface area contributed by atoms with E-state index >= 15 is 0 Å². The van der Waals surface area contributed by atoms with Gasteiger partial charge in [0.05, 0.1) is 6.04 Å². The lowest BCUT2D eigenvalue weighted by molar-refractivity contribution is 0.0836. The first kappa shape index (κ1) is 13.9. The summed E-state index contributed by atoms with van der Waals surface area (Å²) in [5.41, 5.74) is 0.473. The smallest absolute Gasteiger partial charge is 0.180 e. The highest BCUT2D eigenvalue weighted by atomic mass is 16.3. The number of carbonyl (C=O) groups is 1. The van der Waals surface area contributed by atoms with E-state index in [9.17, 15) is 15.0 Å². The van der Waals surface area contributed by atoms with Gasteiger partial charge in [0.2, 0.25) is 0 Å². The van der Waals surface area contributed by atoms with Crippen LogP contribution in [0.2, 0.25) is 0 Å². The molecule has 104 valence electrons. The number of phenols is 2. The van der Waals surface area contributed by atoms with Crippen LogP contribution in [0, 0.1) is 0 Å². The lowest BCUT2D eigenvalue weighted by Gasteiger charge is -2.26. The quantitative estimate of drug-likeness (QED) is 0.633. The van der Waals surface area contributed by atoms with Gasteiger partial charge in [-0.15, -0.1) is 0 Å². The fourth-order valence-electron chi connectivity index (χ4n) is 2.68. The molecule has 1 aromatic carbocycles. The Morgan fingerprint density at radius 3 is 2.53 bits per heavy atom. The number of hydrogen-bond acceptors (Lipinski definition) is 4. The van der Waals surface area contributed by atoms with E-state index in [1.54, 1.807) is 6.07 Å². The average Bonchev–Trinajstić information content (AvgIpc) is 2.92. The SMILES string of the molecule is CCC[C@@H](C(=O)c1ccc(O)c(O)c1)N1CCCC1. The lowest BCUT2D eigenvalue weighted by atomic mass is 9.99. The summed E-state index contributed by atoms with van der Waals surface area (Å²) in [7, 11) is 0. The first-order valence-corrected chi connectivity index (χ1v) is 6.93. The molecule has 1 atom stereocenters. The van der Waals surface area contributed by atoms with Crippen LogP contribution in [0.4, 0.5) is 0 Å². The van der Waals surface area contributed by atoms with Crippen LogP contribution in [0.5, 0.6) is 11.5 Å². The topological polar surface area (TPSA) is 60.8 Å². The van der Waals surface area contributed by atoms with Gasteiger partial charge in [-0.05, 0) is 50.6 Å². The zero-order valence-corrected chi connectivity index (χ0v) is 11.3. The van der Waals surface area contributed by atoms with Crippen molar-refractivity contribution in [1.29, 1.82) is 0 Å². The summed E-state index contributed by atoms with van der Waals surface area (Å²) in [6.07, 6.45) is 4.08. The first-order chi connectivity index (χ1) is 9.13. The molecule has 0 spiro atoms. The number of rotatable bonds is 5. The number of ketones is 1. The fourth-order valence-corrected chi connectivity index (χ4v) is 2.68. The van der Waals surface area contributed by atoms with Crippen molar-refractivity contribution in [3.05, 3.63) is 23.8 Å². The van der Waals surface area contributed by atoms with Crippen LogP contribution in [0.25, 0.3) is 0 Å². The molecule has 19 heavy (non-hydrogen) atoms. The van der Waals surface area contributed by atoms with Gasteiger partial charge in [-0.1, -0.05) is 13.3 Å². The molecule has 0 amide bonds. The van der Waals surface area contributed by atoms with Crippen LogP contribution in [0.15, 0.2) is 18.2 Å². The summed E-state index contributed by atoms with van der Waals surface area (Å²) >= 11 is 0. The first-order valence-electron chi connectivity index (χ1n) is 6.93. The van der Waals surface area contributed by atoms with E-state index in [1.807, 2.05) is 0 Å². The predicted molar refractivity (Wildman–Crippen MR) is 73.6 cm³/mol. The van der Waals surface area contributed by atoms with Crippen LogP contribution in [0.3, 0.4) is 0 Å². The molecule has 1 aliphatic heterocycles. The van der Waals surface area contributed by atoms with Crippen LogP contribution in [-0.4, -0.2) is 40.0 Å². The molecular weight excluding hydrogens is 242 g/mol. The van der Waals surface area contributed by atoms with Crippen molar-refractivity contribution >= 4 is 5.78 Å². The number of hydrogen-bond donors (Lipinski definition) is 2. The van der Waals surface area contributed by atoms with Gasteiger partial charge in [0, 0.05) is 5.56 Å². The zero-order valence-electron chi connectivity index (χ0n) is 11.3. The Kier molecular flexibility index (Phi) is 4.43. The molecule has 0 saturated carbocycles. The van der Waals surface area contributed by atoms with Crippen LogP contribution >= 0.6 is 0 Å². The Balaban J connectivity index is 2.20. The summed E-state index contributed by atoms with van der Waals surface area (Å²) in [5.74, 6) is -0.383. The number of carbonyl (C=O) groups excluding carboxylic acids is 1. The molecule has 4 nitrogen and oxygen atoms in total. The molecule has 1 aromatic rings. The van der Waals surface area contributed by atoms with Crippen molar-refractivity contribution in [3.8, 4) is 11.5 Å². The lowest BCUT2D eigenvalue weighted by Crippen LogP contribution is -2.39. The van der Waals surface area contributed by atoms with E-state index in [2.05, 4.69) is 11.8 Å². The largest absolute Gasteiger partial charge is 0.504 e. The van der Waals surface area contributed by atoms with Gasteiger partial charge in [0.1, 0.15) is 0 Å². The van der Waals surface area contributed by atoms with Crippen molar-refractivity contribution in [1.82, 2.24) is 4.90 Å². The Hall–Kier alpha value is -1.55. The normalized spacial score (nSPS) is 17.5. The second-order valence-corrected chi connectivity index (χ2v) is 5.12. The monoisotopic (exact) mass is 263 g/mol. The van der Waals surface area contributed by atoms with Gasteiger partial charge in [-0.2, -0.15) is 0 Å². The van der Waals surface area contributed by atoms with E-state index in [0.29, 0.717) is 5.56 Å². The molecule has 0 aromatic heterocycles. The Morgan fingerprint density at radius 2 is 1.95 bits per heavy atom. The maximum atomic E-state index is 12.6. The maximum Gasteiger partial charge on any atom is 0.180 e. The summed E-state index contributed by atoms with van der Waals surface area (Å²) in [6, 6.07) is 4.21. The summed E-state index contributed by atoms with van der Waals surface area (Å²) < 4.78 is 0. The van der Waals surface area contributed by atoms with Gasteiger partial charge in [-0.25, -0.2) is 0 Å².